The summed E-state index contributed by atoms with van der Waals surface area (Å²) in [6, 6.07) is 36.1. The number of likely N-dealkylation sites (N-methyl/N-ethyl adjacent to an activating group) is 1. The maximum absolute atomic E-state index is 13.7. The van der Waals surface area contributed by atoms with Gasteiger partial charge >= 0.3 is 6.03 Å². The second-order valence-electron chi connectivity index (χ2n) is 13.1. The molecule has 0 bridgehead atoms. The smallest absolute Gasteiger partial charge is 0.323 e. The van der Waals surface area contributed by atoms with E-state index in [9.17, 15) is 14.7 Å². The third-order valence-corrected chi connectivity index (χ3v) is 9.06. The van der Waals surface area contributed by atoms with Crippen LogP contribution in [0.5, 0.6) is 17.2 Å². The van der Waals surface area contributed by atoms with Gasteiger partial charge in [-0.15, -0.1) is 0 Å². The maximum atomic E-state index is 13.7. The number of ether oxygens (including phenoxy) is 2. The summed E-state index contributed by atoms with van der Waals surface area (Å²) in [6.07, 6.45) is -0.181. The normalized spacial score (nSPS) is 16.8. The van der Waals surface area contributed by atoms with E-state index in [1.807, 2.05) is 97.9 Å². The molecule has 258 valence electrons. The molecular weight excluding hydrogens is 628 g/mol. The number of para-hydroxylation sites is 1. The largest absolute Gasteiger partial charge is 0.488 e. The maximum Gasteiger partial charge on any atom is 0.323 e. The average molecular weight is 673 g/mol. The van der Waals surface area contributed by atoms with Crippen LogP contribution in [0.15, 0.2) is 115 Å². The second-order valence-corrected chi connectivity index (χ2v) is 13.1. The highest BCUT2D eigenvalue weighted by atomic mass is 16.5. The third kappa shape index (κ3) is 8.61. The predicted octanol–water partition coefficient (Wildman–Crippen LogP) is 7.56. The minimum absolute atomic E-state index is 0.0349. The van der Waals surface area contributed by atoms with Crippen LogP contribution in [0, 0.1) is 5.92 Å². The van der Waals surface area contributed by atoms with Gasteiger partial charge in [-0.05, 0) is 73.5 Å². The number of nitrogens with zero attached hydrogens (tertiary/aromatic N) is 2. The Bertz CT molecular complexity index is 1910. The van der Waals surface area contributed by atoms with Gasteiger partial charge in [0, 0.05) is 42.2 Å². The van der Waals surface area contributed by atoms with Crippen LogP contribution in [0.1, 0.15) is 25.0 Å². The fourth-order valence-electron chi connectivity index (χ4n) is 6.32. The first kappa shape index (κ1) is 34.5. The molecule has 0 saturated carbocycles. The van der Waals surface area contributed by atoms with E-state index in [4.69, 9.17) is 9.47 Å². The molecule has 0 aromatic heterocycles. The number of carbonyl (C=O) groups excluding carboxylic acids is 2. The fraction of sp³-hybridized carbons (Fsp3) is 0.268. The Morgan fingerprint density at radius 2 is 1.66 bits per heavy atom. The minimum Gasteiger partial charge on any atom is -0.488 e. The van der Waals surface area contributed by atoms with Gasteiger partial charge in [-0.2, -0.15) is 0 Å². The lowest BCUT2D eigenvalue weighted by molar-refractivity contribution is -0.134. The second kappa shape index (κ2) is 15.9. The van der Waals surface area contributed by atoms with Crippen molar-refractivity contribution >= 4 is 34.1 Å². The molecule has 1 aliphatic heterocycles. The van der Waals surface area contributed by atoms with Crippen LogP contribution in [0.4, 0.5) is 16.2 Å². The summed E-state index contributed by atoms with van der Waals surface area (Å²) in [5.74, 6) is 2.03. The van der Waals surface area contributed by atoms with E-state index in [-0.39, 0.29) is 43.0 Å². The molecule has 0 unspecified atom stereocenters. The summed E-state index contributed by atoms with van der Waals surface area (Å²) in [5, 5.41) is 17.9. The SMILES string of the molecule is C[C@H](CO)N1C[C@H](C)[C@H](CN(C)Cc2ccc(Oc3ccccc3)cc2)Oc2ccc(NC(=O)Nc3cccc4ccccc34)cc2CC1=O. The molecule has 6 rings (SSSR count). The van der Waals surface area contributed by atoms with E-state index in [1.54, 1.807) is 17.0 Å². The molecule has 1 heterocycles. The number of aliphatic hydroxyl groups is 1. The zero-order valence-electron chi connectivity index (χ0n) is 28.7. The molecule has 9 heteroatoms. The molecule has 5 aromatic rings. The van der Waals surface area contributed by atoms with Crippen molar-refractivity contribution in [1.82, 2.24) is 9.80 Å². The van der Waals surface area contributed by atoms with Crippen LogP contribution < -0.4 is 20.1 Å². The third-order valence-electron chi connectivity index (χ3n) is 9.06. The van der Waals surface area contributed by atoms with Crippen LogP contribution in [0.3, 0.4) is 0 Å². The highest BCUT2D eigenvalue weighted by molar-refractivity contribution is 6.06. The predicted molar refractivity (Wildman–Crippen MR) is 198 cm³/mol. The molecule has 0 radical (unpaired) electrons. The van der Waals surface area contributed by atoms with Crippen molar-refractivity contribution < 1.29 is 24.2 Å². The number of aliphatic hydroxyl groups excluding tert-OH is 1. The van der Waals surface area contributed by atoms with E-state index >= 15 is 0 Å². The van der Waals surface area contributed by atoms with E-state index in [0.717, 1.165) is 27.8 Å². The van der Waals surface area contributed by atoms with Crippen molar-refractivity contribution in [3.05, 3.63) is 126 Å². The standard InChI is InChI=1S/C41H44N4O5/c1-28-24-45(29(2)27-46)40(47)23-32-22-33(42-41(48)43-37-15-9-11-31-10-7-8-14-36(31)37)18-21-38(32)50-39(28)26-44(3)25-30-16-19-35(20-17-30)49-34-12-5-4-6-13-34/h4-22,28-29,39,46H,23-27H2,1-3H3,(H2,42,43,48)/t28-,29+,39-/m0/s1. The molecule has 0 saturated heterocycles. The van der Waals surface area contributed by atoms with Crippen molar-refractivity contribution in [1.29, 1.82) is 0 Å². The van der Waals surface area contributed by atoms with E-state index in [2.05, 4.69) is 41.6 Å². The van der Waals surface area contributed by atoms with Gasteiger partial charge < -0.3 is 30.1 Å². The van der Waals surface area contributed by atoms with Gasteiger partial charge in [-0.3, -0.25) is 9.69 Å². The number of fused-ring (bicyclic) bond motifs is 2. The van der Waals surface area contributed by atoms with Gasteiger partial charge in [0.15, 0.2) is 0 Å². The molecule has 9 nitrogen and oxygen atoms in total. The molecule has 3 amide bonds. The van der Waals surface area contributed by atoms with Crippen LogP contribution in [0.2, 0.25) is 0 Å². The number of hydrogen-bond acceptors (Lipinski definition) is 6. The molecule has 0 aliphatic carbocycles. The van der Waals surface area contributed by atoms with E-state index in [0.29, 0.717) is 42.3 Å². The van der Waals surface area contributed by atoms with Crippen LogP contribution >= 0.6 is 0 Å². The number of rotatable bonds is 10. The number of benzene rings is 5. The fourth-order valence-corrected chi connectivity index (χ4v) is 6.32. The van der Waals surface area contributed by atoms with Crippen molar-refractivity contribution in [3.8, 4) is 17.2 Å². The van der Waals surface area contributed by atoms with Crippen LogP contribution in [0.25, 0.3) is 10.8 Å². The lowest BCUT2D eigenvalue weighted by atomic mass is 10.0. The molecule has 50 heavy (non-hydrogen) atoms. The Balaban J connectivity index is 1.17. The van der Waals surface area contributed by atoms with Crippen LogP contribution in [-0.2, 0) is 17.8 Å². The topological polar surface area (TPSA) is 103 Å². The van der Waals surface area contributed by atoms with E-state index < -0.39 is 0 Å². The number of nitrogens with one attached hydrogen (secondary N) is 2. The first-order valence-electron chi connectivity index (χ1n) is 17.0. The van der Waals surface area contributed by atoms with Crippen molar-refractivity contribution in [2.45, 2.75) is 39.0 Å². The average Bonchev–Trinajstić information content (AvgIpc) is 3.16. The number of carbonyl (C=O) groups is 2. The summed E-state index contributed by atoms with van der Waals surface area (Å²) in [5.41, 5.74) is 3.05. The molecule has 0 spiro atoms. The summed E-state index contributed by atoms with van der Waals surface area (Å²) >= 11 is 0. The van der Waals surface area contributed by atoms with Gasteiger partial charge in [0.25, 0.3) is 0 Å². The van der Waals surface area contributed by atoms with Crippen molar-refractivity contribution in [2.75, 3.05) is 37.4 Å². The molecule has 1 aliphatic rings. The Hall–Kier alpha value is -5.38. The van der Waals surface area contributed by atoms with Gasteiger partial charge in [0.1, 0.15) is 23.4 Å². The minimum atomic E-state index is -0.389. The molecule has 3 atom stereocenters. The summed E-state index contributed by atoms with van der Waals surface area (Å²) in [6.45, 7) is 5.53. The Morgan fingerprint density at radius 1 is 0.940 bits per heavy atom. The van der Waals surface area contributed by atoms with Crippen molar-refractivity contribution in [2.24, 2.45) is 5.92 Å². The number of hydrogen-bond donors (Lipinski definition) is 3. The Morgan fingerprint density at radius 3 is 2.44 bits per heavy atom. The summed E-state index contributed by atoms with van der Waals surface area (Å²) < 4.78 is 12.7. The Kier molecular flexibility index (Phi) is 11.0. The van der Waals surface area contributed by atoms with Gasteiger partial charge in [-0.1, -0.05) is 73.7 Å². The number of amides is 3. The highest BCUT2D eigenvalue weighted by Gasteiger charge is 2.31. The zero-order chi connectivity index (χ0) is 35.0. The first-order valence-corrected chi connectivity index (χ1v) is 17.0. The lowest BCUT2D eigenvalue weighted by Gasteiger charge is -2.34. The van der Waals surface area contributed by atoms with Crippen molar-refractivity contribution in [3.63, 3.8) is 0 Å². The van der Waals surface area contributed by atoms with Gasteiger partial charge in [-0.25, -0.2) is 4.79 Å². The van der Waals surface area contributed by atoms with E-state index in [1.165, 1.54) is 0 Å². The monoisotopic (exact) mass is 672 g/mol. The number of anilines is 2. The highest BCUT2D eigenvalue weighted by Crippen LogP contribution is 2.30. The summed E-state index contributed by atoms with van der Waals surface area (Å²) in [4.78, 5) is 30.7. The number of urea groups is 1. The molecular formula is C41H44N4O5. The summed E-state index contributed by atoms with van der Waals surface area (Å²) in [7, 11) is 2.05. The van der Waals surface area contributed by atoms with Gasteiger partial charge in [0.05, 0.1) is 24.8 Å². The molecule has 0 fully saturated rings. The Labute approximate surface area is 293 Å². The van der Waals surface area contributed by atoms with Crippen LogP contribution in [-0.4, -0.2) is 65.7 Å². The quantitative estimate of drug-likeness (QED) is 0.142. The molecule has 3 N–H and O–H groups in total. The zero-order valence-corrected chi connectivity index (χ0v) is 28.7. The molecule has 5 aromatic carbocycles. The first-order chi connectivity index (χ1) is 24.2. The van der Waals surface area contributed by atoms with Gasteiger partial charge in [0.2, 0.25) is 5.91 Å². The lowest BCUT2D eigenvalue weighted by Crippen LogP contribution is -2.47.